The molecule has 2 heterocycles. The van der Waals surface area contributed by atoms with E-state index < -0.39 is 0 Å². The summed E-state index contributed by atoms with van der Waals surface area (Å²) in [7, 11) is 0. The quantitative estimate of drug-likeness (QED) is 0.692. The average molecular weight is 448 g/mol. The molecule has 7 heteroatoms. The molecular formula is C20H22BrN3O2S. The third kappa shape index (κ3) is 6.30. The van der Waals surface area contributed by atoms with Crippen molar-refractivity contribution in [1.82, 2.24) is 15.1 Å². The van der Waals surface area contributed by atoms with Gasteiger partial charge in [-0.05, 0) is 39.7 Å². The van der Waals surface area contributed by atoms with Crippen LogP contribution in [0.2, 0.25) is 0 Å². The lowest BCUT2D eigenvalue weighted by Crippen LogP contribution is -2.50. The Labute approximate surface area is 171 Å². The van der Waals surface area contributed by atoms with Gasteiger partial charge in [-0.1, -0.05) is 30.3 Å². The van der Waals surface area contributed by atoms with Gasteiger partial charge in [0.05, 0.1) is 10.3 Å². The summed E-state index contributed by atoms with van der Waals surface area (Å²) in [6, 6.07) is 13.8. The number of rotatable bonds is 6. The van der Waals surface area contributed by atoms with Crippen LogP contribution in [0.25, 0.3) is 6.08 Å². The third-order valence-corrected chi connectivity index (χ3v) is 5.96. The highest BCUT2D eigenvalue weighted by Gasteiger charge is 2.21. The van der Waals surface area contributed by atoms with Crippen LogP contribution in [0.15, 0.2) is 52.3 Å². The van der Waals surface area contributed by atoms with E-state index in [1.54, 1.807) is 17.4 Å². The number of halogens is 1. The van der Waals surface area contributed by atoms with Crippen LogP contribution in [0.3, 0.4) is 0 Å². The van der Waals surface area contributed by atoms with Gasteiger partial charge in [-0.25, -0.2) is 0 Å². The van der Waals surface area contributed by atoms with E-state index in [4.69, 9.17) is 0 Å². The van der Waals surface area contributed by atoms with Gasteiger partial charge < -0.3 is 10.2 Å². The number of hydrogen-bond acceptors (Lipinski definition) is 4. The molecule has 1 aliphatic heterocycles. The van der Waals surface area contributed by atoms with Crippen molar-refractivity contribution in [3.05, 3.63) is 62.8 Å². The SMILES string of the molecule is O=C(CN1CCN(C(=O)/C=C/c2ccc(Br)s2)CC1)NCc1ccccc1. The molecular weight excluding hydrogens is 426 g/mol. The highest BCUT2D eigenvalue weighted by atomic mass is 79.9. The van der Waals surface area contributed by atoms with E-state index in [1.165, 1.54) is 0 Å². The molecule has 1 aliphatic rings. The van der Waals surface area contributed by atoms with Gasteiger partial charge in [0.25, 0.3) is 0 Å². The molecule has 2 aromatic rings. The third-order valence-electron chi connectivity index (χ3n) is 4.37. The minimum atomic E-state index is 0.0156. The van der Waals surface area contributed by atoms with Crippen LogP contribution in [-0.4, -0.2) is 54.3 Å². The topological polar surface area (TPSA) is 52.7 Å². The lowest BCUT2D eigenvalue weighted by atomic mass is 10.2. The maximum absolute atomic E-state index is 12.3. The summed E-state index contributed by atoms with van der Waals surface area (Å²) in [6.07, 6.45) is 3.47. The first-order valence-corrected chi connectivity index (χ1v) is 10.5. The maximum Gasteiger partial charge on any atom is 0.246 e. The highest BCUT2D eigenvalue weighted by Crippen LogP contribution is 2.23. The van der Waals surface area contributed by atoms with Gasteiger partial charge in [0.1, 0.15) is 0 Å². The van der Waals surface area contributed by atoms with Crippen molar-refractivity contribution in [2.45, 2.75) is 6.54 Å². The monoisotopic (exact) mass is 447 g/mol. The van der Waals surface area contributed by atoms with Gasteiger partial charge in [-0.3, -0.25) is 14.5 Å². The van der Waals surface area contributed by atoms with E-state index in [-0.39, 0.29) is 11.8 Å². The molecule has 0 spiro atoms. The molecule has 1 N–H and O–H groups in total. The second kappa shape index (κ2) is 9.82. The summed E-state index contributed by atoms with van der Waals surface area (Å²) >= 11 is 5.01. The Morgan fingerprint density at radius 2 is 1.81 bits per heavy atom. The minimum Gasteiger partial charge on any atom is -0.351 e. The van der Waals surface area contributed by atoms with E-state index in [0.717, 1.165) is 14.2 Å². The molecule has 142 valence electrons. The van der Waals surface area contributed by atoms with Crippen molar-refractivity contribution in [3.8, 4) is 0 Å². The van der Waals surface area contributed by atoms with Crippen molar-refractivity contribution >= 4 is 45.2 Å². The molecule has 3 rings (SSSR count). The fourth-order valence-corrected chi connectivity index (χ4v) is 4.18. The van der Waals surface area contributed by atoms with Crippen LogP contribution >= 0.6 is 27.3 Å². The Morgan fingerprint density at radius 1 is 1.07 bits per heavy atom. The highest BCUT2D eigenvalue weighted by molar-refractivity contribution is 9.11. The number of piperazine rings is 1. The number of carbonyl (C=O) groups is 2. The zero-order valence-electron chi connectivity index (χ0n) is 14.9. The molecule has 27 heavy (non-hydrogen) atoms. The molecule has 5 nitrogen and oxygen atoms in total. The predicted octanol–water partition coefficient (Wildman–Crippen LogP) is 2.98. The summed E-state index contributed by atoms with van der Waals surface area (Å²) < 4.78 is 1.05. The number of amides is 2. The largest absolute Gasteiger partial charge is 0.351 e. The standard InChI is InChI=1S/C20H22BrN3O2S/c21-18-8-6-17(27-18)7-9-20(26)24-12-10-23(11-13-24)15-19(25)22-14-16-4-2-1-3-5-16/h1-9H,10-15H2,(H,22,25)/b9-7+. The van der Waals surface area contributed by atoms with E-state index in [1.807, 2.05) is 53.4 Å². The average Bonchev–Trinajstić information content (AvgIpc) is 3.11. The van der Waals surface area contributed by atoms with Crippen LogP contribution in [-0.2, 0) is 16.1 Å². The Morgan fingerprint density at radius 3 is 2.48 bits per heavy atom. The molecule has 2 amide bonds. The molecule has 1 aromatic heterocycles. The van der Waals surface area contributed by atoms with Crippen molar-refractivity contribution in [3.63, 3.8) is 0 Å². The molecule has 1 fully saturated rings. The van der Waals surface area contributed by atoms with Crippen LogP contribution in [0.5, 0.6) is 0 Å². The first kappa shape index (κ1) is 19.8. The lowest BCUT2D eigenvalue weighted by molar-refractivity contribution is -0.128. The number of carbonyl (C=O) groups excluding carboxylic acids is 2. The van der Waals surface area contributed by atoms with Crippen molar-refractivity contribution in [2.24, 2.45) is 0 Å². The number of thiophene rings is 1. The van der Waals surface area contributed by atoms with Crippen LogP contribution in [0.4, 0.5) is 0 Å². The van der Waals surface area contributed by atoms with E-state index in [0.29, 0.717) is 39.3 Å². The molecule has 0 bridgehead atoms. The smallest absolute Gasteiger partial charge is 0.246 e. The van der Waals surface area contributed by atoms with Gasteiger partial charge in [-0.15, -0.1) is 11.3 Å². The van der Waals surface area contributed by atoms with E-state index in [2.05, 4.69) is 26.1 Å². The maximum atomic E-state index is 12.3. The molecule has 0 radical (unpaired) electrons. The van der Waals surface area contributed by atoms with Crippen molar-refractivity contribution in [1.29, 1.82) is 0 Å². The van der Waals surface area contributed by atoms with Gasteiger partial charge in [-0.2, -0.15) is 0 Å². The molecule has 0 saturated carbocycles. The minimum absolute atomic E-state index is 0.0156. The van der Waals surface area contributed by atoms with Gasteiger partial charge in [0.15, 0.2) is 0 Å². The summed E-state index contributed by atoms with van der Waals surface area (Å²) in [5.74, 6) is 0.0366. The second-order valence-corrected chi connectivity index (χ2v) is 8.83. The van der Waals surface area contributed by atoms with Crippen LogP contribution in [0, 0.1) is 0 Å². The van der Waals surface area contributed by atoms with Gasteiger partial charge in [0, 0.05) is 43.7 Å². The molecule has 1 saturated heterocycles. The van der Waals surface area contributed by atoms with Gasteiger partial charge in [0.2, 0.25) is 11.8 Å². The summed E-state index contributed by atoms with van der Waals surface area (Å²) in [5, 5.41) is 2.95. The van der Waals surface area contributed by atoms with Crippen molar-refractivity contribution < 1.29 is 9.59 Å². The predicted molar refractivity (Wildman–Crippen MR) is 112 cm³/mol. The summed E-state index contributed by atoms with van der Waals surface area (Å²) in [4.78, 5) is 29.4. The van der Waals surface area contributed by atoms with Gasteiger partial charge >= 0.3 is 0 Å². The summed E-state index contributed by atoms with van der Waals surface area (Å²) in [6.45, 7) is 3.62. The Bertz CT molecular complexity index is 799. The summed E-state index contributed by atoms with van der Waals surface area (Å²) in [5.41, 5.74) is 1.09. The van der Waals surface area contributed by atoms with Crippen LogP contribution in [0.1, 0.15) is 10.4 Å². The van der Waals surface area contributed by atoms with Crippen LogP contribution < -0.4 is 5.32 Å². The molecule has 0 aliphatic carbocycles. The number of nitrogens with zero attached hydrogens (tertiary/aromatic N) is 2. The number of nitrogens with one attached hydrogen (secondary N) is 1. The fraction of sp³-hybridized carbons (Fsp3) is 0.300. The van der Waals surface area contributed by atoms with Crippen molar-refractivity contribution in [2.75, 3.05) is 32.7 Å². The Kier molecular flexibility index (Phi) is 7.20. The first-order chi connectivity index (χ1) is 13.1. The number of hydrogen-bond donors (Lipinski definition) is 1. The fourth-order valence-electron chi connectivity index (χ4n) is 2.86. The first-order valence-electron chi connectivity index (χ1n) is 8.85. The molecule has 0 unspecified atom stereocenters. The lowest BCUT2D eigenvalue weighted by Gasteiger charge is -2.33. The zero-order chi connectivity index (χ0) is 19.1. The number of benzene rings is 1. The zero-order valence-corrected chi connectivity index (χ0v) is 17.3. The second-order valence-electron chi connectivity index (χ2n) is 6.34. The molecule has 1 aromatic carbocycles. The molecule has 0 atom stereocenters. The van der Waals surface area contributed by atoms with E-state index in [9.17, 15) is 9.59 Å². The Balaban J connectivity index is 1.38. The van der Waals surface area contributed by atoms with E-state index >= 15 is 0 Å². The normalized spacial score (nSPS) is 15.2. The Hall–Kier alpha value is -1.96.